The highest BCUT2D eigenvalue weighted by molar-refractivity contribution is 5.92. The van der Waals surface area contributed by atoms with Gasteiger partial charge in [0.1, 0.15) is 17.1 Å². The Kier molecular flexibility index (Phi) is 7.01. The minimum Gasteiger partial charge on any atom is -0.465 e. The van der Waals surface area contributed by atoms with E-state index in [0.29, 0.717) is 23.5 Å². The molecule has 0 fully saturated rings. The molecule has 0 bridgehead atoms. The van der Waals surface area contributed by atoms with Gasteiger partial charge in [-0.1, -0.05) is 31.9 Å². The third kappa shape index (κ3) is 5.64. The molecule has 25 heavy (non-hydrogen) atoms. The van der Waals surface area contributed by atoms with E-state index < -0.39 is 5.97 Å². The highest BCUT2D eigenvalue weighted by Crippen LogP contribution is 2.26. The highest BCUT2D eigenvalue weighted by atomic mass is 16.5. The van der Waals surface area contributed by atoms with Gasteiger partial charge in [0.25, 0.3) is 0 Å². The summed E-state index contributed by atoms with van der Waals surface area (Å²) in [6.45, 7) is 2.11. The zero-order chi connectivity index (χ0) is 18.1. The topological polar surface area (TPSA) is 64.6 Å². The number of anilines is 1. The normalized spacial score (nSPS) is 10.2. The zero-order valence-electron chi connectivity index (χ0n) is 14.6. The first-order valence-electron chi connectivity index (χ1n) is 8.39. The average Bonchev–Trinajstić information content (AvgIpc) is 2.63. The van der Waals surface area contributed by atoms with Crippen molar-refractivity contribution in [3.05, 3.63) is 54.1 Å². The molecule has 0 saturated carbocycles. The van der Waals surface area contributed by atoms with Crippen LogP contribution in [0.15, 0.2) is 48.5 Å². The van der Waals surface area contributed by atoms with Crippen molar-refractivity contribution < 1.29 is 19.1 Å². The third-order valence-corrected chi connectivity index (χ3v) is 3.67. The van der Waals surface area contributed by atoms with E-state index in [4.69, 9.17) is 9.47 Å². The first-order valence-corrected chi connectivity index (χ1v) is 8.39. The number of amides is 1. The summed E-state index contributed by atoms with van der Waals surface area (Å²) in [5.41, 5.74) is 1.08. The summed E-state index contributed by atoms with van der Waals surface area (Å²) in [6.07, 6.45) is 3.57. The molecule has 0 unspecified atom stereocenters. The molecule has 2 aromatic rings. The van der Waals surface area contributed by atoms with Gasteiger partial charge in [0.05, 0.1) is 7.11 Å². The van der Waals surface area contributed by atoms with E-state index in [1.54, 1.807) is 48.5 Å². The number of rotatable bonds is 8. The van der Waals surface area contributed by atoms with Gasteiger partial charge in [0.15, 0.2) is 0 Å². The molecule has 2 aromatic carbocycles. The van der Waals surface area contributed by atoms with Crippen LogP contribution in [0.1, 0.15) is 43.0 Å². The minimum atomic E-state index is -0.452. The van der Waals surface area contributed by atoms with E-state index in [2.05, 4.69) is 12.2 Å². The number of nitrogens with one attached hydrogen (secondary N) is 1. The van der Waals surface area contributed by atoms with Gasteiger partial charge >= 0.3 is 5.97 Å². The fourth-order valence-electron chi connectivity index (χ4n) is 2.33. The van der Waals surface area contributed by atoms with Crippen molar-refractivity contribution in [2.75, 3.05) is 12.4 Å². The number of methoxy groups -OCH3 is 1. The maximum atomic E-state index is 11.8. The molecule has 1 N–H and O–H groups in total. The van der Waals surface area contributed by atoms with E-state index in [1.807, 2.05) is 0 Å². The highest BCUT2D eigenvalue weighted by Gasteiger charge is 2.12. The number of benzene rings is 2. The van der Waals surface area contributed by atoms with Crippen molar-refractivity contribution in [3.63, 3.8) is 0 Å². The molecule has 5 nitrogen and oxygen atoms in total. The van der Waals surface area contributed by atoms with Crippen LogP contribution in [-0.2, 0) is 9.53 Å². The molecule has 0 heterocycles. The molecule has 0 atom stereocenters. The molecule has 0 aromatic heterocycles. The fraction of sp³-hybridized carbons (Fsp3) is 0.300. The van der Waals surface area contributed by atoms with Crippen molar-refractivity contribution in [1.29, 1.82) is 0 Å². The van der Waals surface area contributed by atoms with Crippen LogP contribution in [-0.4, -0.2) is 19.0 Å². The molecular formula is C20H23NO4. The Labute approximate surface area is 148 Å². The Balaban J connectivity index is 1.99. The second kappa shape index (κ2) is 9.47. The zero-order valence-corrected chi connectivity index (χ0v) is 14.6. The number of hydrogen-bond acceptors (Lipinski definition) is 4. The summed E-state index contributed by atoms with van der Waals surface area (Å²) in [5.74, 6) is 0.552. The minimum absolute atomic E-state index is 0.0122. The lowest BCUT2D eigenvalue weighted by Gasteiger charge is -2.10. The summed E-state index contributed by atoms with van der Waals surface area (Å²) < 4.78 is 10.5. The van der Waals surface area contributed by atoms with E-state index in [-0.39, 0.29) is 5.91 Å². The second-order valence-corrected chi connectivity index (χ2v) is 5.62. The van der Waals surface area contributed by atoms with Gasteiger partial charge in [-0.05, 0) is 42.8 Å². The second-order valence-electron chi connectivity index (χ2n) is 5.62. The van der Waals surface area contributed by atoms with Gasteiger partial charge in [-0.15, -0.1) is 0 Å². The standard InChI is InChI=1S/C20H23NO4/c1-3-4-5-10-19(22)21-15-11-13-16(14-12-15)25-18-9-7-6-8-17(18)20(23)24-2/h6-9,11-14H,3-5,10H2,1-2H3,(H,21,22). The Morgan fingerprint density at radius 3 is 2.40 bits per heavy atom. The number of carbonyl (C=O) groups excluding carboxylic acids is 2. The summed E-state index contributed by atoms with van der Waals surface area (Å²) in [5, 5.41) is 2.86. The molecule has 0 saturated heterocycles. The monoisotopic (exact) mass is 341 g/mol. The Morgan fingerprint density at radius 2 is 1.72 bits per heavy atom. The molecule has 0 aliphatic rings. The van der Waals surface area contributed by atoms with Crippen LogP contribution >= 0.6 is 0 Å². The summed E-state index contributed by atoms with van der Waals surface area (Å²) in [6, 6.07) is 13.9. The van der Waals surface area contributed by atoms with E-state index >= 15 is 0 Å². The van der Waals surface area contributed by atoms with Gasteiger partial charge in [-0.2, -0.15) is 0 Å². The molecule has 1 amide bonds. The molecular weight excluding hydrogens is 318 g/mol. The van der Waals surface area contributed by atoms with Gasteiger partial charge in [-0.25, -0.2) is 4.79 Å². The van der Waals surface area contributed by atoms with Crippen LogP contribution in [0.25, 0.3) is 0 Å². The number of ether oxygens (including phenoxy) is 2. The van der Waals surface area contributed by atoms with Crippen molar-refractivity contribution in [2.45, 2.75) is 32.6 Å². The van der Waals surface area contributed by atoms with Crippen molar-refractivity contribution in [3.8, 4) is 11.5 Å². The lowest BCUT2D eigenvalue weighted by Crippen LogP contribution is -2.10. The first-order chi connectivity index (χ1) is 12.1. The van der Waals surface area contributed by atoms with Crippen molar-refractivity contribution >= 4 is 17.6 Å². The summed E-state index contributed by atoms with van der Waals surface area (Å²) in [4.78, 5) is 23.6. The van der Waals surface area contributed by atoms with Crippen LogP contribution in [0.2, 0.25) is 0 Å². The van der Waals surface area contributed by atoms with Crippen molar-refractivity contribution in [2.24, 2.45) is 0 Å². The maximum absolute atomic E-state index is 11.8. The van der Waals surface area contributed by atoms with Gasteiger partial charge < -0.3 is 14.8 Å². The smallest absolute Gasteiger partial charge is 0.341 e. The van der Waals surface area contributed by atoms with Crippen LogP contribution in [0.3, 0.4) is 0 Å². The molecule has 0 aliphatic carbocycles. The number of para-hydroxylation sites is 1. The third-order valence-electron chi connectivity index (χ3n) is 3.67. The number of unbranched alkanes of at least 4 members (excludes halogenated alkanes) is 2. The van der Waals surface area contributed by atoms with Gasteiger partial charge in [-0.3, -0.25) is 4.79 Å². The fourth-order valence-corrected chi connectivity index (χ4v) is 2.33. The average molecular weight is 341 g/mol. The first kappa shape index (κ1) is 18.5. The lowest BCUT2D eigenvalue weighted by molar-refractivity contribution is -0.116. The Morgan fingerprint density at radius 1 is 1.00 bits per heavy atom. The molecule has 0 radical (unpaired) electrons. The van der Waals surface area contributed by atoms with Crippen LogP contribution < -0.4 is 10.1 Å². The largest absolute Gasteiger partial charge is 0.465 e. The summed E-state index contributed by atoms with van der Waals surface area (Å²) >= 11 is 0. The predicted octanol–water partition coefficient (Wildman–Crippen LogP) is 4.78. The number of hydrogen-bond donors (Lipinski definition) is 1. The Hall–Kier alpha value is -2.82. The molecule has 5 heteroatoms. The van der Waals surface area contributed by atoms with Crippen molar-refractivity contribution in [1.82, 2.24) is 0 Å². The number of esters is 1. The molecule has 2 rings (SSSR count). The van der Waals surface area contributed by atoms with Crippen LogP contribution in [0.4, 0.5) is 5.69 Å². The SMILES string of the molecule is CCCCCC(=O)Nc1ccc(Oc2ccccc2C(=O)OC)cc1. The van der Waals surface area contributed by atoms with E-state index in [0.717, 1.165) is 24.9 Å². The number of carbonyl (C=O) groups is 2. The van der Waals surface area contributed by atoms with Gasteiger partial charge in [0.2, 0.25) is 5.91 Å². The maximum Gasteiger partial charge on any atom is 0.341 e. The van der Waals surface area contributed by atoms with Crippen LogP contribution in [0, 0.1) is 0 Å². The molecule has 132 valence electrons. The van der Waals surface area contributed by atoms with Gasteiger partial charge in [0, 0.05) is 12.1 Å². The molecule has 0 aliphatic heterocycles. The lowest BCUT2D eigenvalue weighted by atomic mass is 10.2. The van der Waals surface area contributed by atoms with Crippen LogP contribution in [0.5, 0.6) is 11.5 Å². The predicted molar refractivity (Wildman–Crippen MR) is 97.1 cm³/mol. The van der Waals surface area contributed by atoms with E-state index in [1.165, 1.54) is 7.11 Å². The quantitative estimate of drug-likeness (QED) is 0.554. The van der Waals surface area contributed by atoms with E-state index in [9.17, 15) is 9.59 Å². The Bertz CT molecular complexity index is 710. The molecule has 0 spiro atoms. The summed E-state index contributed by atoms with van der Waals surface area (Å²) in [7, 11) is 1.33.